The lowest BCUT2D eigenvalue weighted by Crippen LogP contribution is -2.43. The molecule has 31 heavy (non-hydrogen) atoms. The number of benzene rings is 1. The maximum absolute atomic E-state index is 14.4. The quantitative estimate of drug-likeness (QED) is 0.459. The van der Waals surface area contributed by atoms with Crippen molar-refractivity contribution < 1.29 is 8.78 Å². The molecule has 4 aromatic rings. The van der Waals surface area contributed by atoms with Crippen LogP contribution in [-0.4, -0.2) is 46.1 Å². The Morgan fingerprint density at radius 1 is 1.03 bits per heavy atom. The first-order valence-corrected chi connectivity index (χ1v) is 10.1. The number of fused-ring (bicyclic) bond motifs is 1. The Morgan fingerprint density at radius 2 is 1.90 bits per heavy atom. The molecule has 1 saturated heterocycles. The maximum atomic E-state index is 14.4. The zero-order valence-corrected chi connectivity index (χ0v) is 16.7. The normalized spacial score (nSPS) is 14.2. The van der Waals surface area contributed by atoms with Crippen molar-refractivity contribution in [1.82, 2.24) is 25.3 Å². The average Bonchev–Trinajstić information content (AvgIpc) is 3.25. The van der Waals surface area contributed by atoms with Gasteiger partial charge >= 0.3 is 0 Å². The van der Waals surface area contributed by atoms with Gasteiger partial charge in [-0.05, 0) is 30.3 Å². The van der Waals surface area contributed by atoms with Crippen LogP contribution in [0.3, 0.4) is 0 Å². The van der Waals surface area contributed by atoms with Gasteiger partial charge in [-0.15, -0.1) is 0 Å². The molecule has 0 bridgehead atoms. The highest BCUT2D eigenvalue weighted by atomic mass is 19.1. The summed E-state index contributed by atoms with van der Waals surface area (Å²) in [5.74, 6) is 0.450. The van der Waals surface area contributed by atoms with E-state index in [1.54, 1.807) is 6.20 Å². The van der Waals surface area contributed by atoms with Gasteiger partial charge < -0.3 is 20.5 Å². The summed E-state index contributed by atoms with van der Waals surface area (Å²) in [6.45, 7) is 4.15. The first kappa shape index (κ1) is 19.4. The van der Waals surface area contributed by atoms with Crippen LogP contribution >= 0.6 is 0 Å². The van der Waals surface area contributed by atoms with Crippen LogP contribution in [0.1, 0.15) is 5.69 Å². The van der Waals surface area contributed by atoms with Gasteiger partial charge in [0.2, 0.25) is 0 Å². The Hall–Kier alpha value is -3.59. The van der Waals surface area contributed by atoms with Crippen LogP contribution in [0.15, 0.2) is 48.9 Å². The molecule has 0 aliphatic carbocycles. The molecular weight excluding hydrogens is 400 g/mol. The van der Waals surface area contributed by atoms with Crippen LogP contribution in [0.2, 0.25) is 0 Å². The number of pyridine rings is 1. The third-order valence-corrected chi connectivity index (χ3v) is 5.36. The first-order chi connectivity index (χ1) is 15.2. The molecule has 0 unspecified atom stereocenters. The van der Waals surface area contributed by atoms with Crippen molar-refractivity contribution in [2.45, 2.75) is 6.54 Å². The number of hydrogen-bond donors (Lipinski definition) is 3. The maximum Gasteiger partial charge on any atom is 0.143 e. The topological polar surface area (TPSA) is 81.8 Å². The molecule has 1 fully saturated rings. The van der Waals surface area contributed by atoms with E-state index in [0.29, 0.717) is 29.0 Å². The molecule has 1 aromatic carbocycles. The van der Waals surface area contributed by atoms with E-state index in [1.807, 2.05) is 18.2 Å². The van der Waals surface area contributed by atoms with Gasteiger partial charge in [0.15, 0.2) is 0 Å². The van der Waals surface area contributed by atoms with E-state index in [4.69, 9.17) is 4.98 Å². The molecule has 3 N–H and O–H groups in total. The van der Waals surface area contributed by atoms with Crippen LogP contribution in [0, 0.1) is 11.6 Å². The molecule has 5 rings (SSSR count). The smallest absolute Gasteiger partial charge is 0.143 e. The summed E-state index contributed by atoms with van der Waals surface area (Å²) >= 11 is 0. The molecule has 1 aliphatic heterocycles. The number of nitrogens with one attached hydrogen (secondary N) is 3. The number of rotatable bonds is 5. The summed E-state index contributed by atoms with van der Waals surface area (Å²) in [7, 11) is 0. The lowest BCUT2D eigenvalue weighted by Gasteiger charge is -2.28. The Morgan fingerprint density at radius 3 is 2.77 bits per heavy atom. The molecule has 7 nitrogen and oxygen atoms in total. The van der Waals surface area contributed by atoms with E-state index in [1.165, 1.54) is 12.4 Å². The number of H-pyrrole nitrogens is 1. The third-order valence-electron chi connectivity index (χ3n) is 5.36. The van der Waals surface area contributed by atoms with Crippen LogP contribution in [0.5, 0.6) is 0 Å². The number of nitrogens with zero attached hydrogens (tertiary/aromatic N) is 4. The summed E-state index contributed by atoms with van der Waals surface area (Å²) in [4.78, 5) is 18.6. The summed E-state index contributed by atoms with van der Waals surface area (Å²) in [5.41, 5.74) is 2.05. The van der Waals surface area contributed by atoms with Crippen molar-refractivity contribution in [1.29, 1.82) is 0 Å². The van der Waals surface area contributed by atoms with Gasteiger partial charge in [0.1, 0.15) is 35.2 Å². The van der Waals surface area contributed by atoms with E-state index in [0.717, 1.165) is 49.8 Å². The van der Waals surface area contributed by atoms with E-state index >= 15 is 0 Å². The molecule has 1 aliphatic rings. The van der Waals surface area contributed by atoms with Gasteiger partial charge in [-0.1, -0.05) is 6.07 Å². The van der Waals surface area contributed by atoms with Crippen LogP contribution in [-0.2, 0) is 6.54 Å². The molecule has 0 spiro atoms. The molecule has 9 heteroatoms. The van der Waals surface area contributed by atoms with Crippen LogP contribution < -0.4 is 15.5 Å². The molecule has 4 heterocycles. The Labute approximate surface area is 177 Å². The minimum atomic E-state index is -0.512. The minimum Gasteiger partial charge on any atom is -0.364 e. The second-order valence-corrected chi connectivity index (χ2v) is 7.35. The summed E-state index contributed by atoms with van der Waals surface area (Å²) < 4.78 is 28.2. The molecule has 3 aromatic heterocycles. The molecule has 0 atom stereocenters. The number of anilines is 2. The molecule has 0 radical (unpaired) electrons. The first-order valence-electron chi connectivity index (χ1n) is 10.1. The van der Waals surface area contributed by atoms with Crippen LogP contribution in [0.25, 0.3) is 22.2 Å². The summed E-state index contributed by atoms with van der Waals surface area (Å²) in [6, 6.07) is 9.33. The monoisotopic (exact) mass is 421 g/mol. The third kappa shape index (κ3) is 3.91. The Bertz CT molecular complexity index is 1220. The largest absolute Gasteiger partial charge is 0.364 e. The number of hydrogen-bond acceptors (Lipinski definition) is 6. The van der Waals surface area contributed by atoms with Crippen molar-refractivity contribution in [2.75, 3.05) is 36.4 Å². The van der Waals surface area contributed by atoms with Crippen molar-refractivity contribution in [3.63, 3.8) is 0 Å². The lowest BCUT2D eigenvalue weighted by atomic mass is 10.1. The highest BCUT2D eigenvalue weighted by Crippen LogP contribution is 2.33. The SMILES string of the molecule is Fc1ccc(F)c(-c2c[nH]c3ncnc(NCc4cccc(N5CCNCC5)n4)c23)c1. The van der Waals surface area contributed by atoms with Crippen molar-refractivity contribution in [3.05, 3.63) is 66.3 Å². The van der Waals surface area contributed by atoms with Gasteiger partial charge in [0.05, 0.1) is 17.6 Å². The molecular formula is C22H21F2N7. The zero-order chi connectivity index (χ0) is 21.2. The molecule has 0 saturated carbocycles. The predicted octanol–water partition coefficient (Wildman–Crippen LogP) is 3.32. The second kappa shape index (κ2) is 8.27. The number of aromatic nitrogens is 4. The molecule has 0 amide bonds. The van der Waals surface area contributed by atoms with Crippen molar-refractivity contribution in [3.8, 4) is 11.1 Å². The average molecular weight is 421 g/mol. The van der Waals surface area contributed by atoms with Crippen LogP contribution in [0.4, 0.5) is 20.4 Å². The van der Waals surface area contributed by atoms with Gasteiger partial charge in [-0.2, -0.15) is 0 Å². The summed E-state index contributed by atoms with van der Waals surface area (Å²) in [6.07, 6.45) is 3.04. The fourth-order valence-corrected chi connectivity index (χ4v) is 3.82. The van der Waals surface area contributed by atoms with Gasteiger partial charge in [0.25, 0.3) is 0 Å². The van der Waals surface area contributed by atoms with E-state index in [9.17, 15) is 8.78 Å². The van der Waals surface area contributed by atoms with E-state index < -0.39 is 11.6 Å². The van der Waals surface area contributed by atoms with E-state index in [2.05, 4.69) is 30.5 Å². The van der Waals surface area contributed by atoms with Crippen molar-refractivity contribution >= 4 is 22.7 Å². The Balaban J connectivity index is 1.44. The predicted molar refractivity (Wildman–Crippen MR) is 116 cm³/mol. The van der Waals surface area contributed by atoms with Gasteiger partial charge in [-0.25, -0.2) is 23.7 Å². The van der Waals surface area contributed by atoms with Gasteiger partial charge in [-0.3, -0.25) is 0 Å². The number of piperazine rings is 1. The second-order valence-electron chi connectivity index (χ2n) is 7.35. The number of halogens is 2. The molecule has 158 valence electrons. The fraction of sp³-hybridized carbons (Fsp3) is 0.227. The lowest BCUT2D eigenvalue weighted by molar-refractivity contribution is 0.584. The van der Waals surface area contributed by atoms with E-state index in [-0.39, 0.29) is 5.56 Å². The zero-order valence-electron chi connectivity index (χ0n) is 16.7. The highest BCUT2D eigenvalue weighted by molar-refractivity contribution is 6.00. The summed E-state index contributed by atoms with van der Waals surface area (Å²) in [5, 5.41) is 7.22. The standard InChI is InChI=1S/C22H21F2N7/c23-14-4-5-18(24)16(10-14)17-12-27-22-20(17)21(28-13-29-22)26-11-15-2-1-3-19(30-15)31-8-6-25-7-9-31/h1-5,10,12-13,25H,6-9,11H2,(H2,26,27,28,29). The minimum absolute atomic E-state index is 0.155. The highest BCUT2D eigenvalue weighted by Gasteiger charge is 2.17. The number of aromatic amines is 1. The van der Waals surface area contributed by atoms with Gasteiger partial charge in [0, 0.05) is 43.5 Å². The van der Waals surface area contributed by atoms with Crippen molar-refractivity contribution in [2.24, 2.45) is 0 Å². The Kier molecular flexibility index (Phi) is 5.17. The fourth-order valence-electron chi connectivity index (χ4n) is 3.82.